The van der Waals surface area contributed by atoms with E-state index < -0.39 is 0 Å². The fourth-order valence-corrected chi connectivity index (χ4v) is 2.01. The third kappa shape index (κ3) is 11.9. The van der Waals surface area contributed by atoms with Crippen LogP contribution >= 0.6 is 0 Å². The Morgan fingerprint density at radius 3 is 2.17 bits per heavy atom. The van der Waals surface area contributed by atoms with Crippen LogP contribution in [0.5, 0.6) is 0 Å². The summed E-state index contributed by atoms with van der Waals surface area (Å²) in [7, 11) is 0. The molecule has 18 heavy (non-hydrogen) atoms. The molecule has 0 aliphatic heterocycles. The highest BCUT2D eigenvalue weighted by molar-refractivity contribution is 5.68. The third-order valence-electron chi connectivity index (χ3n) is 3.19. The van der Waals surface area contributed by atoms with Crippen molar-refractivity contribution < 1.29 is 14.7 Å². The van der Waals surface area contributed by atoms with Gasteiger partial charge in [-0.25, -0.2) is 0 Å². The van der Waals surface area contributed by atoms with Gasteiger partial charge in [-0.15, -0.1) is 0 Å². The number of hydrogen-bond acceptors (Lipinski definition) is 4. The van der Waals surface area contributed by atoms with Crippen molar-refractivity contribution in [3.8, 4) is 0 Å². The first-order chi connectivity index (χ1) is 8.70. The van der Waals surface area contributed by atoms with E-state index in [1.165, 1.54) is 25.7 Å². The van der Waals surface area contributed by atoms with Gasteiger partial charge in [0, 0.05) is 6.42 Å². The second-order valence-corrected chi connectivity index (χ2v) is 4.95. The van der Waals surface area contributed by atoms with E-state index in [1.807, 2.05) is 0 Å². The first-order valence-corrected chi connectivity index (χ1v) is 7.28. The zero-order valence-electron chi connectivity index (χ0n) is 11.7. The highest BCUT2D eigenvalue weighted by atomic mass is 16.7. The Morgan fingerprint density at radius 2 is 1.61 bits per heavy atom. The van der Waals surface area contributed by atoms with Crippen LogP contribution in [0.2, 0.25) is 0 Å². The van der Waals surface area contributed by atoms with E-state index >= 15 is 0 Å². The zero-order chi connectivity index (χ0) is 13.6. The Hall–Kier alpha value is -0.610. The van der Waals surface area contributed by atoms with Gasteiger partial charge in [0.2, 0.25) is 0 Å². The molecule has 0 aromatic heterocycles. The van der Waals surface area contributed by atoms with E-state index in [2.05, 4.69) is 11.8 Å². The average molecular weight is 259 g/mol. The molecule has 0 spiro atoms. The van der Waals surface area contributed by atoms with Gasteiger partial charge >= 0.3 is 5.97 Å². The quantitative estimate of drug-likeness (QED) is 0.417. The first kappa shape index (κ1) is 17.4. The number of rotatable bonds is 12. The largest absolute Gasteiger partial charge is 0.393 e. The minimum absolute atomic E-state index is 0.173. The van der Waals surface area contributed by atoms with E-state index in [1.54, 1.807) is 0 Å². The maximum atomic E-state index is 10.7. The van der Waals surface area contributed by atoms with E-state index in [0.717, 1.165) is 38.5 Å². The number of aliphatic hydroxyl groups is 1. The van der Waals surface area contributed by atoms with Gasteiger partial charge < -0.3 is 9.94 Å². The predicted molar refractivity (Wildman–Crippen MR) is 72.7 cm³/mol. The van der Waals surface area contributed by atoms with Crippen LogP contribution in [0.25, 0.3) is 0 Å². The van der Waals surface area contributed by atoms with Crippen molar-refractivity contribution in [3.05, 3.63) is 0 Å². The lowest BCUT2D eigenvalue weighted by molar-refractivity contribution is -0.144. The van der Waals surface area contributed by atoms with Crippen LogP contribution in [0, 0.1) is 0 Å². The van der Waals surface area contributed by atoms with E-state index in [-0.39, 0.29) is 12.1 Å². The summed E-state index contributed by atoms with van der Waals surface area (Å²) in [6, 6.07) is 0. The Labute approximate surface area is 111 Å². The van der Waals surface area contributed by atoms with Crippen molar-refractivity contribution in [2.45, 2.75) is 83.7 Å². The summed E-state index contributed by atoms with van der Waals surface area (Å²) >= 11 is 0. The summed E-state index contributed by atoms with van der Waals surface area (Å²) in [5.74, 6) is 4.38. The molecular formula is C14H29NO3. The summed E-state index contributed by atoms with van der Waals surface area (Å²) < 4.78 is 0. The van der Waals surface area contributed by atoms with Crippen molar-refractivity contribution in [1.82, 2.24) is 0 Å². The van der Waals surface area contributed by atoms with Gasteiger partial charge in [-0.3, -0.25) is 4.79 Å². The maximum absolute atomic E-state index is 10.7. The third-order valence-corrected chi connectivity index (χ3v) is 3.19. The van der Waals surface area contributed by atoms with Gasteiger partial charge in [-0.05, 0) is 19.3 Å². The number of carbonyl (C=O) groups is 1. The number of unbranched alkanes of at least 4 members (excludes halogenated alkanes) is 6. The van der Waals surface area contributed by atoms with Crippen LogP contribution in [0.15, 0.2) is 0 Å². The van der Waals surface area contributed by atoms with Crippen molar-refractivity contribution in [3.63, 3.8) is 0 Å². The van der Waals surface area contributed by atoms with E-state index in [4.69, 9.17) is 5.90 Å². The molecule has 4 nitrogen and oxygen atoms in total. The lowest BCUT2D eigenvalue weighted by Crippen LogP contribution is -2.09. The van der Waals surface area contributed by atoms with Crippen LogP contribution in [-0.2, 0) is 9.63 Å². The molecule has 0 aromatic carbocycles. The van der Waals surface area contributed by atoms with E-state index in [0.29, 0.717) is 6.42 Å². The standard InChI is InChI=1S/C14H29NO3/c1-2-3-4-5-7-10-13(16)11-8-6-9-12-14(17)18-15/h13,16H,2-12,15H2,1H3. The average Bonchev–Trinajstić information content (AvgIpc) is 2.37. The van der Waals surface area contributed by atoms with Crippen LogP contribution in [0.4, 0.5) is 0 Å². The minimum atomic E-state index is -0.355. The SMILES string of the molecule is CCCCCCCC(O)CCCCCC(=O)ON. The Kier molecular flexibility index (Phi) is 12.4. The van der Waals surface area contributed by atoms with E-state index in [9.17, 15) is 9.90 Å². The number of carbonyl (C=O) groups excluding carboxylic acids is 1. The monoisotopic (exact) mass is 259 g/mol. The topological polar surface area (TPSA) is 72.5 Å². The van der Waals surface area contributed by atoms with Crippen molar-refractivity contribution in [1.29, 1.82) is 0 Å². The molecule has 0 fully saturated rings. The predicted octanol–water partition coefficient (Wildman–Crippen LogP) is 3.08. The molecule has 0 bridgehead atoms. The molecule has 0 aliphatic carbocycles. The van der Waals surface area contributed by atoms with Crippen molar-refractivity contribution in [2.24, 2.45) is 5.90 Å². The van der Waals surface area contributed by atoms with Gasteiger partial charge in [0.15, 0.2) is 0 Å². The molecule has 4 heteroatoms. The summed E-state index contributed by atoms with van der Waals surface area (Å²) in [4.78, 5) is 14.8. The molecule has 1 atom stereocenters. The maximum Gasteiger partial charge on any atom is 0.324 e. The molecule has 3 N–H and O–H groups in total. The van der Waals surface area contributed by atoms with Crippen molar-refractivity contribution in [2.75, 3.05) is 0 Å². The van der Waals surface area contributed by atoms with Crippen LogP contribution in [0.1, 0.15) is 77.6 Å². The number of aliphatic hydroxyl groups excluding tert-OH is 1. The Balaban J connectivity index is 3.21. The van der Waals surface area contributed by atoms with Crippen molar-refractivity contribution >= 4 is 5.97 Å². The molecule has 0 saturated heterocycles. The molecule has 1 unspecified atom stereocenters. The molecular weight excluding hydrogens is 230 g/mol. The molecule has 0 heterocycles. The number of hydrogen-bond donors (Lipinski definition) is 2. The normalized spacial score (nSPS) is 12.4. The molecule has 0 aliphatic rings. The molecule has 0 saturated carbocycles. The molecule has 0 rings (SSSR count). The van der Waals surface area contributed by atoms with Crippen LogP contribution in [0.3, 0.4) is 0 Å². The second-order valence-electron chi connectivity index (χ2n) is 4.95. The lowest BCUT2D eigenvalue weighted by atomic mass is 10.0. The summed E-state index contributed by atoms with van der Waals surface area (Å²) in [6.45, 7) is 2.20. The highest BCUT2D eigenvalue weighted by Gasteiger charge is 2.05. The second kappa shape index (κ2) is 12.8. The van der Waals surface area contributed by atoms with Gasteiger partial charge in [0.1, 0.15) is 0 Å². The fourth-order valence-electron chi connectivity index (χ4n) is 2.01. The summed E-state index contributed by atoms with van der Waals surface area (Å²) in [5, 5.41) is 9.75. The van der Waals surface area contributed by atoms with Gasteiger partial charge in [-0.1, -0.05) is 51.9 Å². The minimum Gasteiger partial charge on any atom is -0.393 e. The Bertz CT molecular complexity index is 197. The molecule has 0 aromatic rings. The molecule has 108 valence electrons. The van der Waals surface area contributed by atoms with Gasteiger partial charge in [-0.2, -0.15) is 5.90 Å². The molecule has 0 amide bonds. The lowest BCUT2D eigenvalue weighted by Gasteiger charge is -2.09. The fraction of sp³-hybridized carbons (Fsp3) is 0.929. The van der Waals surface area contributed by atoms with Crippen LogP contribution < -0.4 is 5.90 Å². The smallest absolute Gasteiger partial charge is 0.324 e. The summed E-state index contributed by atoms with van der Waals surface area (Å²) in [6.07, 6.45) is 10.9. The Morgan fingerprint density at radius 1 is 1.06 bits per heavy atom. The first-order valence-electron chi connectivity index (χ1n) is 7.28. The van der Waals surface area contributed by atoms with Crippen LogP contribution in [-0.4, -0.2) is 17.2 Å². The number of nitrogens with two attached hydrogens (primary N) is 1. The highest BCUT2D eigenvalue weighted by Crippen LogP contribution is 2.12. The van der Waals surface area contributed by atoms with Gasteiger partial charge in [0.25, 0.3) is 0 Å². The molecule has 0 radical (unpaired) electrons. The summed E-state index contributed by atoms with van der Waals surface area (Å²) in [5.41, 5.74) is 0. The van der Waals surface area contributed by atoms with Gasteiger partial charge in [0.05, 0.1) is 6.10 Å². The zero-order valence-corrected chi connectivity index (χ0v) is 11.7.